The molecule has 3 aromatic heterocycles. The van der Waals surface area contributed by atoms with E-state index in [1.54, 1.807) is 6.20 Å². The largest absolute Gasteiger partial charge is 0.355 e. The van der Waals surface area contributed by atoms with Crippen molar-refractivity contribution in [1.82, 2.24) is 24.4 Å². The van der Waals surface area contributed by atoms with E-state index in [1.165, 1.54) is 5.56 Å². The Hall–Kier alpha value is -2.94. The fourth-order valence-corrected chi connectivity index (χ4v) is 5.20. The third kappa shape index (κ3) is 5.72. The van der Waals surface area contributed by atoms with Crippen LogP contribution in [0.3, 0.4) is 0 Å². The van der Waals surface area contributed by atoms with Crippen LogP contribution in [-0.2, 0) is 20.1 Å². The molecule has 4 heterocycles. The van der Waals surface area contributed by atoms with Crippen LogP contribution in [-0.4, -0.2) is 43.6 Å². The van der Waals surface area contributed by atoms with Crippen molar-refractivity contribution in [3.05, 3.63) is 93.4 Å². The van der Waals surface area contributed by atoms with Crippen LogP contribution in [0, 0.1) is 6.92 Å². The van der Waals surface area contributed by atoms with Gasteiger partial charge in [-0.2, -0.15) is 13.5 Å². The zero-order chi connectivity index (χ0) is 24.4. The molecule has 188 valence electrons. The Morgan fingerprint density at radius 3 is 2.72 bits per heavy atom. The number of piperidine rings is 1. The van der Waals surface area contributed by atoms with Gasteiger partial charge in [-0.05, 0) is 67.3 Å². The quantitative estimate of drug-likeness (QED) is 0.348. The summed E-state index contributed by atoms with van der Waals surface area (Å²) in [5, 5.41) is 1.02. The van der Waals surface area contributed by atoms with Crippen LogP contribution in [0.4, 0.5) is 5.82 Å². The second-order valence-corrected chi connectivity index (χ2v) is 9.59. The molecule has 0 spiro atoms. The van der Waals surface area contributed by atoms with E-state index in [0.717, 1.165) is 60.5 Å². The number of rotatable bonds is 6. The highest BCUT2D eigenvalue weighted by Gasteiger charge is 2.27. The summed E-state index contributed by atoms with van der Waals surface area (Å²) >= 11 is 6.07. The van der Waals surface area contributed by atoms with E-state index in [9.17, 15) is 4.79 Å². The topological polar surface area (TPSA) is 67.2 Å². The zero-order valence-electron chi connectivity index (χ0n) is 20.6. The predicted octanol–water partition coefficient (Wildman–Crippen LogP) is 4.47. The van der Waals surface area contributed by atoms with Gasteiger partial charge in [-0.25, -0.2) is 9.97 Å². The molecular weight excluding hydrogens is 492 g/mol. The van der Waals surface area contributed by atoms with E-state index < -0.39 is 0 Å². The lowest BCUT2D eigenvalue weighted by Crippen LogP contribution is -2.48. The number of hydrogen-bond donors (Lipinski definition) is 0. The molecule has 1 fully saturated rings. The molecule has 1 aliphatic rings. The van der Waals surface area contributed by atoms with Crippen LogP contribution in [0.1, 0.15) is 29.7 Å². The van der Waals surface area contributed by atoms with Gasteiger partial charge in [-0.1, -0.05) is 12.1 Å². The van der Waals surface area contributed by atoms with Gasteiger partial charge in [0.15, 0.2) is 5.43 Å². The van der Waals surface area contributed by atoms with Gasteiger partial charge in [0.25, 0.3) is 0 Å². The molecule has 7 nitrogen and oxygen atoms in total. The average molecular weight is 523 g/mol. The minimum atomic E-state index is 0. The van der Waals surface area contributed by atoms with Crippen LogP contribution >= 0.6 is 25.1 Å². The first-order chi connectivity index (χ1) is 17.0. The Balaban J connectivity index is 0.00000304. The van der Waals surface area contributed by atoms with Crippen molar-refractivity contribution in [3.63, 3.8) is 0 Å². The molecule has 0 amide bonds. The molecule has 1 aliphatic heterocycles. The SMILES string of the molecule is Cc1cc(CN(Cc2cn(C)c3ccccc3c2=O)[C@H]2CCCN(c3ccnc(Cl)n3)C2)ccn1.S. The van der Waals surface area contributed by atoms with Crippen LogP contribution in [0.15, 0.2) is 65.8 Å². The summed E-state index contributed by atoms with van der Waals surface area (Å²) < 4.78 is 2.05. The van der Waals surface area contributed by atoms with Gasteiger partial charge in [-0.15, -0.1) is 0 Å². The van der Waals surface area contributed by atoms with Gasteiger partial charge in [-0.3, -0.25) is 14.7 Å². The maximum atomic E-state index is 13.4. The summed E-state index contributed by atoms with van der Waals surface area (Å²) in [6, 6.07) is 14.1. The van der Waals surface area contributed by atoms with E-state index in [2.05, 4.69) is 41.5 Å². The molecule has 0 saturated carbocycles. The molecule has 1 aromatic carbocycles. The lowest BCUT2D eigenvalue weighted by molar-refractivity contribution is 0.158. The maximum Gasteiger partial charge on any atom is 0.224 e. The highest BCUT2D eigenvalue weighted by molar-refractivity contribution is 7.59. The number of aromatic nitrogens is 4. The summed E-state index contributed by atoms with van der Waals surface area (Å²) in [7, 11) is 2.00. The van der Waals surface area contributed by atoms with Gasteiger partial charge in [0.2, 0.25) is 5.28 Å². The minimum Gasteiger partial charge on any atom is -0.355 e. The van der Waals surface area contributed by atoms with Crippen molar-refractivity contribution in [2.24, 2.45) is 7.05 Å². The lowest BCUT2D eigenvalue weighted by atomic mass is 10.0. The second kappa shape index (κ2) is 11.4. The Bertz CT molecular complexity index is 1410. The van der Waals surface area contributed by atoms with Crippen molar-refractivity contribution in [2.45, 2.75) is 38.9 Å². The van der Waals surface area contributed by atoms with Crippen LogP contribution < -0.4 is 10.3 Å². The van der Waals surface area contributed by atoms with Gasteiger partial charge in [0.1, 0.15) is 5.82 Å². The van der Waals surface area contributed by atoms with Crippen molar-refractivity contribution < 1.29 is 0 Å². The number of halogens is 1. The summed E-state index contributed by atoms with van der Waals surface area (Å²) in [6.07, 6.45) is 7.62. The molecule has 1 saturated heterocycles. The van der Waals surface area contributed by atoms with E-state index in [-0.39, 0.29) is 30.2 Å². The number of anilines is 1. The summed E-state index contributed by atoms with van der Waals surface area (Å²) in [6.45, 7) is 5.05. The smallest absolute Gasteiger partial charge is 0.224 e. The standard InChI is InChI=1S/C27H29ClN6O.H2S/c1-19-14-20(9-11-29-19)15-34(17-21-16-32(2)24-8-4-3-7-23(24)26(21)35)22-6-5-13-33(18-22)25-10-12-30-27(28)31-25;/h3-4,7-12,14,16,22H,5-6,13,15,17-18H2,1-2H3;1H2/t22-;/m0./s1. The van der Waals surface area contributed by atoms with E-state index in [1.807, 2.05) is 56.7 Å². The van der Waals surface area contributed by atoms with E-state index in [4.69, 9.17) is 11.6 Å². The van der Waals surface area contributed by atoms with Crippen LogP contribution in [0.5, 0.6) is 0 Å². The number of benzene rings is 1. The molecule has 0 aliphatic carbocycles. The van der Waals surface area contributed by atoms with E-state index in [0.29, 0.717) is 6.54 Å². The zero-order valence-corrected chi connectivity index (χ0v) is 22.3. The number of aryl methyl sites for hydroxylation is 2. The van der Waals surface area contributed by atoms with Gasteiger partial charge >= 0.3 is 0 Å². The number of hydrogen-bond acceptors (Lipinski definition) is 6. The fourth-order valence-electron chi connectivity index (χ4n) is 5.05. The van der Waals surface area contributed by atoms with Crippen molar-refractivity contribution >= 4 is 41.8 Å². The maximum absolute atomic E-state index is 13.4. The molecule has 0 N–H and O–H groups in total. The molecule has 9 heteroatoms. The first-order valence-electron chi connectivity index (χ1n) is 11.9. The predicted molar refractivity (Wildman–Crippen MR) is 150 cm³/mol. The van der Waals surface area contributed by atoms with Crippen molar-refractivity contribution in [2.75, 3.05) is 18.0 Å². The van der Waals surface area contributed by atoms with Crippen molar-refractivity contribution in [1.29, 1.82) is 0 Å². The molecule has 36 heavy (non-hydrogen) atoms. The van der Waals surface area contributed by atoms with Gasteiger partial charge in [0.05, 0.1) is 5.52 Å². The molecule has 5 rings (SSSR count). The highest BCUT2D eigenvalue weighted by Crippen LogP contribution is 2.24. The number of nitrogens with zero attached hydrogens (tertiary/aromatic N) is 6. The summed E-state index contributed by atoms with van der Waals surface area (Å²) in [5.41, 5.74) is 4.04. The van der Waals surface area contributed by atoms with E-state index >= 15 is 0 Å². The molecule has 0 unspecified atom stereocenters. The van der Waals surface area contributed by atoms with Crippen LogP contribution in [0.2, 0.25) is 5.28 Å². The normalized spacial score (nSPS) is 15.8. The number of para-hydroxylation sites is 1. The minimum absolute atomic E-state index is 0. The first kappa shape index (κ1) is 26.1. The second-order valence-electron chi connectivity index (χ2n) is 9.25. The molecule has 0 radical (unpaired) electrons. The summed E-state index contributed by atoms with van der Waals surface area (Å²) in [4.78, 5) is 30.9. The third-order valence-electron chi connectivity index (χ3n) is 6.74. The average Bonchev–Trinajstić information content (AvgIpc) is 2.87. The molecular formula is C27H31ClN6OS. The Labute approximate surface area is 223 Å². The lowest BCUT2D eigenvalue weighted by Gasteiger charge is -2.40. The Morgan fingerprint density at radius 1 is 1.11 bits per heavy atom. The first-order valence-corrected chi connectivity index (χ1v) is 12.3. The summed E-state index contributed by atoms with van der Waals surface area (Å²) in [5.74, 6) is 0.844. The Kier molecular flexibility index (Phi) is 8.28. The monoisotopic (exact) mass is 522 g/mol. The number of fused-ring (bicyclic) bond motifs is 1. The highest BCUT2D eigenvalue weighted by atomic mass is 35.5. The number of pyridine rings is 2. The van der Waals surface area contributed by atoms with Gasteiger partial charge < -0.3 is 9.47 Å². The molecule has 4 aromatic rings. The Morgan fingerprint density at radius 2 is 1.92 bits per heavy atom. The third-order valence-corrected chi connectivity index (χ3v) is 6.92. The molecule has 1 atom stereocenters. The molecule has 0 bridgehead atoms. The van der Waals surface area contributed by atoms with Crippen molar-refractivity contribution in [3.8, 4) is 0 Å². The van der Waals surface area contributed by atoms with Gasteiger partial charge in [0, 0.05) is 74.5 Å². The fraction of sp³-hybridized carbons (Fsp3) is 0.333. The van der Waals surface area contributed by atoms with Crippen LogP contribution in [0.25, 0.3) is 10.9 Å².